The molecule has 2 aromatic carbocycles. The highest BCUT2D eigenvalue weighted by Crippen LogP contribution is 2.31. The molecule has 0 radical (unpaired) electrons. The summed E-state index contributed by atoms with van der Waals surface area (Å²) in [7, 11) is 0. The molecule has 0 bridgehead atoms. The highest BCUT2D eigenvalue weighted by atomic mass is 16.5. The van der Waals surface area contributed by atoms with Crippen molar-refractivity contribution < 1.29 is 19.4 Å². The molecule has 2 fully saturated rings. The topological polar surface area (TPSA) is 55.8 Å². The van der Waals surface area contributed by atoms with Gasteiger partial charge in [0.1, 0.15) is 5.78 Å². The van der Waals surface area contributed by atoms with Crippen molar-refractivity contribution in [1.29, 1.82) is 0 Å². The van der Waals surface area contributed by atoms with Gasteiger partial charge in [0.2, 0.25) is 0 Å². The van der Waals surface area contributed by atoms with Gasteiger partial charge in [-0.25, -0.2) is 0 Å². The predicted molar refractivity (Wildman–Crippen MR) is 113 cm³/mol. The zero-order chi connectivity index (χ0) is 20.5. The van der Waals surface area contributed by atoms with Crippen molar-refractivity contribution in [3.8, 4) is 0 Å². The second-order valence-corrected chi connectivity index (χ2v) is 8.36. The largest absolute Gasteiger partial charge is 0.390 e. The number of hydrogen-bond acceptors (Lipinski definition) is 4. The van der Waals surface area contributed by atoms with Gasteiger partial charge in [0.25, 0.3) is 0 Å². The molecule has 0 aromatic heterocycles. The summed E-state index contributed by atoms with van der Waals surface area (Å²) < 4.78 is 11.4. The maximum Gasteiger partial charge on any atom is 0.135 e. The van der Waals surface area contributed by atoms with E-state index in [1.54, 1.807) is 0 Å². The minimum Gasteiger partial charge on any atom is -0.390 e. The Morgan fingerprint density at radius 1 is 0.897 bits per heavy atom. The minimum absolute atomic E-state index is 0.155. The van der Waals surface area contributed by atoms with Crippen molar-refractivity contribution in [1.82, 2.24) is 0 Å². The lowest BCUT2D eigenvalue weighted by molar-refractivity contribution is -0.118. The van der Waals surface area contributed by atoms with Gasteiger partial charge >= 0.3 is 0 Å². The molecule has 156 valence electrons. The summed E-state index contributed by atoms with van der Waals surface area (Å²) in [4.78, 5) is 11.0. The third kappa shape index (κ3) is 7.73. The molecule has 3 atom stereocenters. The van der Waals surface area contributed by atoms with E-state index in [-0.39, 0.29) is 12.2 Å². The zero-order valence-corrected chi connectivity index (χ0v) is 17.3. The van der Waals surface area contributed by atoms with Crippen LogP contribution in [0.5, 0.6) is 0 Å². The molecule has 0 saturated heterocycles. The predicted octanol–water partition coefficient (Wildman–Crippen LogP) is 4.83. The van der Waals surface area contributed by atoms with E-state index in [0.717, 1.165) is 25.7 Å². The van der Waals surface area contributed by atoms with Crippen LogP contribution in [0.2, 0.25) is 0 Å². The van der Waals surface area contributed by atoms with E-state index in [1.807, 2.05) is 55.5 Å². The molecule has 0 amide bonds. The van der Waals surface area contributed by atoms with E-state index in [2.05, 4.69) is 12.1 Å². The van der Waals surface area contributed by atoms with Gasteiger partial charge in [0, 0.05) is 19.3 Å². The molecule has 2 aliphatic carbocycles. The molecule has 29 heavy (non-hydrogen) atoms. The molecule has 0 spiro atoms. The van der Waals surface area contributed by atoms with Crippen LogP contribution in [-0.2, 0) is 27.5 Å². The molecule has 2 aliphatic rings. The second kappa shape index (κ2) is 10.7. The fourth-order valence-electron chi connectivity index (χ4n) is 3.81. The molecule has 2 aromatic rings. The molecular weight excluding hydrogens is 364 g/mol. The average Bonchev–Trinajstić information content (AvgIpc) is 3.31. The number of hydrogen-bond donors (Lipinski definition) is 1. The molecule has 2 saturated carbocycles. The summed E-state index contributed by atoms with van der Waals surface area (Å²) >= 11 is 0. The van der Waals surface area contributed by atoms with Gasteiger partial charge in [-0.2, -0.15) is 0 Å². The summed E-state index contributed by atoms with van der Waals surface area (Å²) in [6.07, 6.45) is 5.16. The van der Waals surface area contributed by atoms with E-state index in [4.69, 9.17) is 9.47 Å². The van der Waals surface area contributed by atoms with Crippen molar-refractivity contribution in [2.75, 3.05) is 0 Å². The van der Waals surface area contributed by atoms with E-state index in [9.17, 15) is 9.90 Å². The van der Waals surface area contributed by atoms with Gasteiger partial charge in [-0.05, 0) is 37.3 Å². The first-order valence-corrected chi connectivity index (χ1v) is 10.6. The SMILES string of the molecule is CC1(O)CCC(OCc2ccccc2)C1.O=C1CCC(OCc2ccccc2)C1. The molecule has 4 nitrogen and oxygen atoms in total. The van der Waals surface area contributed by atoms with Crippen LogP contribution in [0.1, 0.15) is 56.6 Å². The molecule has 0 aliphatic heterocycles. The summed E-state index contributed by atoms with van der Waals surface area (Å²) in [6, 6.07) is 20.2. The molecule has 3 unspecified atom stereocenters. The maximum atomic E-state index is 11.0. The van der Waals surface area contributed by atoms with Gasteiger partial charge in [-0.3, -0.25) is 4.79 Å². The molecule has 1 N–H and O–H groups in total. The lowest BCUT2D eigenvalue weighted by Gasteiger charge is -2.16. The van der Waals surface area contributed by atoms with Crippen LogP contribution in [0, 0.1) is 0 Å². The normalized spacial score (nSPS) is 26.2. The van der Waals surface area contributed by atoms with E-state index in [0.29, 0.717) is 31.8 Å². The van der Waals surface area contributed by atoms with Crippen LogP contribution in [-0.4, -0.2) is 28.7 Å². The third-order valence-corrected chi connectivity index (χ3v) is 5.53. The van der Waals surface area contributed by atoms with Crippen LogP contribution in [0.25, 0.3) is 0 Å². The number of carbonyl (C=O) groups is 1. The number of rotatable bonds is 6. The first-order chi connectivity index (χ1) is 14.0. The first-order valence-electron chi connectivity index (χ1n) is 10.6. The third-order valence-electron chi connectivity index (χ3n) is 5.53. The van der Waals surface area contributed by atoms with Gasteiger partial charge in [-0.15, -0.1) is 0 Å². The molecule has 4 heteroatoms. The number of ketones is 1. The Morgan fingerprint density at radius 2 is 1.45 bits per heavy atom. The van der Waals surface area contributed by atoms with Crippen molar-refractivity contribution in [3.63, 3.8) is 0 Å². The highest BCUT2D eigenvalue weighted by molar-refractivity contribution is 5.81. The molecule has 0 heterocycles. The fourth-order valence-corrected chi connectivity index (χ4v) is 3.81. The summed E-state index contributed by atoms with van der Waals surface area (Å²) in [5, 5.41) is 9.78. The van der Waals surface area contributed by atoms with Crippen LogP contribution < -0.4 is 0 Å². The Kier molecular flexibility index (Phi) is 7.99. The Labute approximate surface area is 173 Å². The summed E-state index contributed by atoms with van der Waals surface area (Å²) in [5.41, 5.74) is 1.86. The van der Waals surface area contributed by atoms with Crippen molar-refractivity contribution in [2.24, 2.45) is 0 Å². The first kappa shape index (κ1) is 21.7. The number of aliphatic hydroxyl groups is 1. The van der Waals surface area contributed by atoms with Gasteiger partial charge in [0.05, 0.1) is 31.0 Å². The minimum atomic E-state index is -0.513. The van der Waals surface area contributed by atoms with Crippen molar-refractivity contribution in [2.45, 2.75) is 76.5 Å². The van der Waals surface area contributed by atoms with Crippen LogP contribution >= 0.6 is 0 Å². The standard InChI is InChI=1S/C13H18O2.C12H14O2/c1-13(14)8-7-12(9-13)15-10-11-5-3-2-4-6-11;13-11-6-7-12(8-11)14-9-10-4-2-1-3-5-10/h2-6,12,14H,7-10H2,1H3;1-5,12H,6-9H2. The number of ether oxygens (including phenoxy) is 2. The fraction of sp³-hybridized carbons (Fsp3) is 0.480. The number of Topliss-reactive ketones (excluding diaryl/α,β-unsaturated/α-hetero) is 1. The van der Waals surface area contributed by atoms with Crippen molar-refractivity contribution >= 4 is 5.78 Å². The summed E-state index contributed by atoms with van der Waals surface area (Å²) in [6.45, 7) is 3.17. The Hall–Kier alpha value is -2.01. The summed E-state index contributed by atoms with van der Waals surface area (Å²) in [5.74, 6) is 0.336. The van der Waals surface area contributed by atoms with Gasteiger partial charge in [0.15, 0.2) is 0 Å². The Morgan fingerprint density at radius 3 is 1.90 bits per heavy atom. The molecule has 4 rings (SSSR count). The smallest absolute Gasteiger partial charge is 0.135 e. The second-order valence-electron chi connectivity index (χ2n) is 8.36. The van der Waals surface area contributed by atoms with Crippen LogP contribution in [0.4, 0.5) is 0 Å². The number of benzene rings is 2. The Balaban J connectivity index is 0.000000166. The van der Waals surface area contributed by atoms with Crippen LogP contribution in [0.3, 0.4) is 0 Å². The van der Waals surface area contributed by atoms with Crippen molar-refractivity contribution in [3.05, 3.63) is 71.8 Å². The quantitative estimate of drug-likeness (QED) is 0.760. The Bertz CT molecular complexity index is 742. The maximum absolute atomic E-state index is 11.0. The lowest BCUT2D eigenvalue weighted by atomic mass is 10.1. The highest BCUT2D eigenvalue weighted by Gasteiger charge is 2.33. The zero-order valence-electron chi connectivity index (χ0n) is 17.3. The lowest BCUT2D eigenvalue weighted by Crippen LogP contribution is -2.20. The van der Waals surface area contributed by atoms with Crippen LogP contribution in [0.15, 0.2) is 60.7 Å². The van der Waals surface area contributed by atoms with E-state index < -0.39 is 5.60 Å². The van der Waals surface area contributed by atoms with Gasteiger partial charge in [-0.1, -0.05) is 60.7 Å². The van der Waals surface area contributed by atoms with E-state index >= 15 is 0 Å². The number of carbonyl (C=O) groups excluding carboxylic acids is 1. The average molecular weight is 397 g/mol. The monoisotopic (exact) mass is 396 g/mol. The van der Waals surface area contributed by atoms with E-state index in [1.165, 1.54) is 11.1 Å². The van der Waals surface area contributed by atoms with Gasteiger partial charge < -0.3 is 14.6 Å². The molecular formula is C25H32O4.